The van der Waals surface area contributed by atoms with Gasteiger partial charge in [0.2, 0.25) is 0 Å². The molecule has 1 fully saturated rings. The first kappa shape index (κ1) is 18.2. The summed E-state index contributed by atoms with van der Waals surface area (Å²) in [5.41, 5.74) is -6.83. The minimum absolute atomic E-state index is 0.103. The molecule has 0 saturated carbocycles. The van der Waals surface area contributed by atoms with Gasteiger partial charge in [0, 0.05) is 0 Å². The second-order valence-corrected chi connectivity index (χ2v) is 6.46. The standard InChI is InChI=1S/C12H11F3N2O6S/c13-12(14,15)24(20,21)17(16)10(18)8-3-1-2-4-9(8)11(19)23-6-7-5-22-7/h1-4,7H,5-6,16H2. The summed E-state index contributed by atoms with van der Waals surface area (Å²) in [4.78, 5) is 23.9. The van der Waals surface area contributed by atoms with E-state index in [1.54, 1.807) is 0 Å². The van der Waals surface area contributed by atoms with Gasteiger partial charge < -0.3 is 9.47 Å². The van der Waals surface area contributed by atoms with Crippen molar-refractivity contribution in [3.05, 3.63) is 35.4 Å². The first-order valence-corrected chi connectivity index (χ1v) is 7.78. The number of halogens is 3. The van der Waals surface area contributed by atoms with E-state index in [9.17, 15) is 31.2 Å². The van der Waals surface area contributed by atoms with Crippen LogP contribution in [-0.2, 0) is 19.5 Å². The molecule has 24 heavy (non-hydrogen) atoms. The number of alkyl halides is 3. The highest BCUT2D eigenvalue weighted by atomic mass is 32.2. The maximum atomic E-state index is 12.5. The van der Waals surface area contributed by atoms with E-state index in [0.717, 1.165) is 12.1 Å². The van der Waals surface area contributed by atoms with E-state index in [2.05, 4.69) is 0 Å². The molecular weight excluding hydrogens is 357 g/mol. The van der Waals surface area contributed by atoms with Crippen LogP contribution >= 0.6 is 0 Å². The van der Waals surface area contributed by atoms with Gasteiger partial charge in [-0.3, -0.25) is 4.79 Å². The molecule has 1 heterocycles. The lowest BCUT2D eigenvalue weighted by Gasteiger charge is -2.19. The molecule has 8 nitrogen and oxygen atoms in total. The number of esters is 1. The fourth-order valence-electron chi connectivity index (χ4n) is 1.60. The number of amides is 1. The summed E-state index contributed by atoms with van der Waals surface area (Å²) in [7, 11) is -6.09. The third kappa shape index (κ3) is 3.66. The van der Waals surface area contributed by atoms with Crippen LogP contribution in [0, 0.1) is 0 Å². The highest BCUT2D eigenvalue weighted by molar-refractivity contribution is 7.90. The Morgan fingerprint density at radius 3 is 2.33 bits per heavy atom. The summed E-state index contributed by atoms with van der Waals surface area (Å²) >= 11 is 0. The van der Waals surface area contributed by atoms with Gasteiger partial charge in [-0.05, 0) is 12.1 Å². The van der Waals surface area contributed by atoms with Crippen LogP contribution in [-0.4, -0.2) is 49.5 Å². The third-order valence-electron chi connectivity index (χ3n) is 2.93. The Morgan fingerprint density at radius 1 is 1.29 bits per heavy atom. The lowest BCUT2D eigenvalue weighted by atomic mass is 10.1. The van der Waals surface area contributed by atoms with Crippen LogP contribution < -0.4 is 5.84 Å². The first-order valence-electron chi connectivity index (χ1n) is 6.34. The zero-order chi connectivity index (χ0) is 18.1. The maximum Gasteiger partial charge on any atom is 0.518 e. The van der Waals surface area contributed by atoms with E-state index in [4.69, 9.17) is 15.3 Å². The highest BCUT2D eigenvalue weighted by Crippen LogP contribution is 2.26. The number of nitrogens with zero attached hydrogens (tertiary/aromatic N) is 1. The Hall–Kier alpha value is -2.18. The molecular formula is C12H11F3N2O6S. The molecule has 132 valence electrons. The quantitative estimate of drug-likeness (QED) is 0.263. The van der Waals surface area contributed by atoms with Crippen LogP contribution in [0.1, 0.15) is 20.7 Å². The molecule has 0 aliphatic carbocycles. The number of rotatable bonds is 5. The third-order valence-corrected chi connectivity index (χ3v) is 4.20. The van der Waals surface area contributed by atoms with Crippen molar-refractivity contribution in [2.24, 2.45) is 5.84 Å². The van der Waals surface area contributed by atoms with Crippen molar-refractivity contribution in [3.8, 4) is 0 Å². The number of hydrazine groups is 1. The van der Waals surface area contributed by atoms with Crippen LogP contribution in [0.25, 0.3) is 0 Å². The molecule has 0 radical (unpaired) electrons. The van der Waals surface area contributed by atoms with Gasteiger partial charge in [-0.1, -0.05) is 12.1 Å². The van der Waals surface area contributed by atoms with Crippen molar-refractivity contribution in [2.45, 2.75) is 11.6 Å². The Kier molecular flexibility index (Phi) is 4.82. The van der Waals surface area contributed by atoms with Crippen molar-refractivity contribution >= 4 is 21.9 Å². The summed E-state index contributed by atoms with van der Waals surface area (Å²) in [6, 6.07) is 4.60. The van der Waals surface area contributed by atoms with Crippen LogP contribution in [0.15, 0.2) is 24.3 Å². The molecule has 0 bridgehead atoms. The van der Waals surface area contributed by atoms with Crippen molar-refractivity contribution in [2.75, 3.05) is 13.2 Å². The second-order valence-electron chi connectivity index (χ2n) is 4.65. The Balaban J connectivity index is 2.27. The number of nitrogens with two attached hydrogens (primary N) is 1. The Labute approximate surface area is 133 Å². The number of benzene rings is 1. The van der Waals surface area contributed by atoms with Gasteiger partial charge >= 0.3 is 21.5 Å². The zero-order valence-electron chi connectivity index (χ0n) is 11.8. The van der Waals surface area contributed by atoms with Gasteiger partial charge in [0.05, 0.1) is 17.7 Å². The summed E-state index contributed by atoms with van der Waals surface area (Å²) in [5, 5.41) is 0. The number of hydrogen-bond donors (Lipinski definition) is 1. The molecule has 1 atom stereocenters. The average Bonchev–Trinajstić information content (AvgIpc) is 3.34. The van der Waals surface area contributed by atoms with Crippen LogP contribution in [0.4, 0.5) is 13.2 Å². The fourth-order valence-corrected chi connectivity index (χ4v) is 2.14. The number of epoxide rings is 1. The summed E-state index contributed by atoms with van der Waals surface area (Å²) in [6.07, 6.45) is -0.270. The number of sulfonamides is 1. The lowest BCUT2D eigenvalue weighted by molar-refractivity contribution is -0.0483. The Morgan fingerprint density at radius 2 is 1.83 bits per heavy atom. The van der Waals surface area contributed by atoms with Crippen LogP contribution in [0.2, 0.25) is 0 Å². The van der Waals surface area contributed by atoms with Gasteiger partial charge in [-0.2, -0.15) is 26.0 Å². The van der Waals surface area contributed by atoms with Gasteiger partial charge in [-0.25, -0.2) is 10.6 Å². The number of hydrogen-bond acceptors (Lipinski definition) is 7. The molecule has 1 unspecified atom stereocenters. The van der Waals surface area contributed by atoms with Gasteiger partial charge in [0.25, 0.3) is 5.91 Å². The van der Waals surface area contributed by atoms with Crippen LogP contribution in [0.5, 0.6) is 0 Å². The summed E-state index contributed by atoms with van der Waals surface area (Å²) in [6.45, 7) is 0.294. The van der Waals surface area contributed by atoms with Crippen molar-refractivity contribution < 1.29 is 40.7 Å². The normalized spacial score (nSPS) is 17.2. The zero-order valence-corrected chi connectivity index (χ0v) is 12.6. The SMILES string of the molecule is NN(C(=O)c1ccccc1C(=O)OCC1CO1)S(=O)(=O)C(F)(F)F. The van der Waals surface area contributed by atoms with E-state index >= 15 is 0 Å². The second kappa shape index (κ2) is 6.37. The van der Waals surface area contributed by atoms with E-state index < -0.39 is 42.9 Å². The fraction of sp³-hybridized carbons (Fsp3) is 0.333. The minimum Gasteiger partial charge on any atom is -0.459 e. The maximum absolute atomic E-state index is 12.5. The predicted octanol–water partition coefficient (Wildman–Crippen LogP) is 0.408. The molecule has 0 aromatic heterocycles. The largest absolute Gasteiger partial charge is 0.518 e. The predicted molar refractivity (Wildman–Crippen MR) is 71.8 cm³/mol. The molecule has 2 N–H and O–H groups in total. The average molecular weight is 368 g/mol. The molecule has 1 aromatic carbocycles. The number of carbonyl (C=O) groups is 2. The van der Waals surface area contributed by atoms with Gasteiger partial charge in [0.1, 0.15) is 12.7 Å². The topological polar surface area (TPSA) is 119 Å². The smallest absolute Gasteiger partial charge is 0.459 e. The molecule has 1 aliphatic heterocycles. The molecule has 1 saturated heterocycles. The van der Waals surface area contributed by atoms with Crippen molar-refractivity contribution in [1.82, 2.24) is 4.41 Å². The minimum atomic E-state index is -6.09. The van der Waals surface area contributed by atoms with E-state index in [1.807, 2.05) is 0 Å². The summed E-state index contributed by atoms with van der Waals surface area (Å²) in [5.74, 6) is 2.08. The molecule has 2 rings (SSSR count). The Bertz CT molecular complexity index is 760. The van der Waals surface area contributed by atoms with Gasteiger partial charge in [0.15, 0.2) is 0 Å². The van der Waals surface area contributed by atoms with Crippen molar-refractivity contribution in [3.63, 3.8) is 0 Å². The molecule has 12 heteroatoms. The summed E-state index contributed by atoms with van der Waals surface area (Å²) < 4.78 is 68.5. The number of ether oxygens (including phenoxy) is 2. The van der Waals surface area contributed by atoms with E-state index in [1.165, 1.54) is 12.1 Å². The molecule has 1 amide bonds. The van der Waals surface area contributed by atoms with E-state index in [0.29, 0.717) is 6.61 Å². The monoisotopic (exact) mass is 368 g/mol. The molecule has 1 aliphatic rings. The first-order chi connectivity index (χ1) is 11.1. The van der Waals surface area contributed by atoms with Crippen LogP contribution in [0.3, 0.4) is 0 Å². The molecule has 1 aromatic rings. The lowest BCUT2D eigenvalue weighted by Crippen LogP contribution is -2.49. The van der Waals surface area contributed by atoms with E-state index in [-0.39, 0.29) is 12.7 Å². The molecule has 0 spiro atoms. The van der Waals surface area contributed by atoms with Crippen molar-refractivity contribution in [1.29, 1.82) is 0 Å². The van der Waals surface area contributed by atoms with Gasteiger partial charge in [-0.15, -0.1) is 0 Å². The number of carbonyl (C=O) groups excluding carboxylic acids is 2. The highest BCUT2D eigenvalue weighted by Gasteiger charge is 2.51.